The Hall–Kier alpha value is -0.880. The van der Waals surface area contributed by atoms with Gasteiger partial charge in [-0.15, -0.1) is 0 Å². The average Bonchev–Trinajstić information content (AvgIpc) is 3.01. The van der Waals surface area contributed by atoms with Crippen molar-refractivity contribution in [3.05, 3.63) is 17.2 Å². The van der Waals surface area contributed by atoms with Gasteiger partial charge < -0.3 is 10.3 Å². The number of aromatic amines is 1. The summed E-state index contributed by atoms with van der Waals surface area (Å²) in [7, 11) is -2.91. The van der Waals surface area contributed by atoms with Crippen LogP contribution in [-0.2, 0) is 9.84 Å². The molecule has 0 spiro atoms. The molecule has 6 heteroatoms. The molecule has 2 N–H and O–H groups in total. The van der Waals surface area contributed by atoms with E-state index in [0.717, 1.165) is 17.2 Å². The first kappa shape index (κ1) is 11.2. The summed E-state index contributed by atoms with van der Waals surface area (Å²) in [6.45, 7) is 2.50. The third-order valence-corrected chi connectivity index (χ3v) is 5.13. The Morgan fingerprint density at radius 3 is 2.76 bits per heavy atom. The van der Waals surface area contributed by atoms with Crippen LogP contribution in [0.15, 0.2) is 0 Å². The van der Waals surface area contributed by atoms with Crippen molar-refractivity contribution in [1.82, 2.24) is 15.3 Å². The summed E-state index contributed by atoms with van der Waals surface area (Å²) in [5, 5.41) is 3.24. The van der Waals surface area contributed by atoms with Crippen molar-refractivity contribution in [2.45, 2.75) is 31.7 Å². The van der Waals surface area contributed by atoms with Crippen molar-refractivity contribution in [2.75, 3.05) is 18.1 Å². The maximum atomic E-state index is 11.6. The van der Waals surface area contributed by atoms with Crippen LogP contribution in [-0.4, -0.2) is 36.4 Å². The summed E-state index contributed by atoms with van der Waals surface area (Å²) >= 11 is 0. The van der Waals surface area contributed by atoms with E-state index >= 15 is 0 Å². The number of aryl methyl sites for hydroxylation is 1. The van der Waals surface area contributed by atoms with Gasteiger partial charge in [-0.05, 0) is 19.8 Å². The van der Waals surface area contributed by atoms with Crippen molar-refractivity contribution >= 4 is 9.84 Å². The number of rotatable bonds is 2. The van der Waals surface area contributed by atoms with Crippen molar-refractivity contribution in [3.8, 4) is 0 Å². The monoisotopic (exact) mass is 255 g/mol. The molecule has 2 fully saturated rings. The van der Waals surface area contributed by atoms with Crippen LogP contribution in [0.1, 0.15) is 42.0 Å². The Morgan fingerprint density at radius 2 is 2.12 bits per heavy atom. The fourth-order valence-corrected chi connectivity index (χ4v) is 3.73. The molecule has 1 unspecified atom stereocenters. The second kappa shape index (κ2) is 3.81. The van der Waals surface area contributed by atoms with E-state index in [9.17, 15) is 8.42 Å². The van der Waals surface area contributed by atoms with E-state index in [0.29, 0.717) is 12.5 Å². The molecule has 0 amide bonds. The minimum atomic E-state index is -2.91. The van der Waals surface area contributed by atoms with Gasteiger partial charge in [-0.1, -0.05) is 0 Å². The molecule has 1 aromatic rings. The zero-order valence-corrected chi connectivity index (χ0v) is 10.7. The molecule has 1 atom stereocenters. The number of sulfone groups is 1. The number of nitrogens with zero attached hydrogens (tertiary/aromatic N) is 1. The summed E-state index contributed by atoms with van der Waals surface area (Å²) in [4.78, 5) is 7.86. The number of aromatic nitrogens is 2. The van der Waals surface area contributed by atoms with Crippen LogP contribution in [0.2, 0.25) is 0 Å². The molecular weight excluding hydrogens is 238 g/mol. The normalized spacial score (nSPS) is 28.2. The second-order valence-corrected chi connectivity index (χ2v) is 7.26. The minimum absolute atomic E-state index is 0.141. The average molecular weight is 255 g/mol. The maximum absolute atomic E-state index is 11.6. The lowest BCUT2D eigenvalue weighted by atomic mass is 10.2. The summed E-state index contributed by atoms with van der Waals surface area (Å²) in [5.74, 6) is 2.01. The van der Waals surface area contributed by atoms with Gasteiger partial charge in [-0.3, -0.25) is 0 Å². The zero-order chi connectivity index (χ0) is 12.0. The van der Waals surface area contributed by atoms with Gasteiger partial charge in [-0.2, -0.15) is 0 Å². The van der Waals surface area contributed by atoms with E-state index in [1.165, 1.54) is 12.8 Å². The zero-order valence-electron chi connectivity index (χ0n) is 9.86. The lowest BCUT2D eigenvalue weighted by molar-refractivity contribution is 0.523. The van der Waals surface area contributed by atoms with Crippen molar-refractivity contribution in [2.24, 2.45) is 0 Å². The Balaban J connectivity index is 1.87. The van der Waals surface area contributed by atoms with Gasteiger partial charge in [0.1, 0.15) is 5.82 Å². The quantitative estimate of drug-likeness (QED) is 0.814. The molecule has 3 rings (SSSR count). The molecule has 1 aromatic heterocycles. The first-order chi connectivity index (χ1) is 8.05. The van der Waals surface area contributed by atoms with Crippen LogP contribution in [0.5, 0.6) is 0 Å². The minimum Gasteiger partial charge on any atom is -0.346 e. The Bertz CT molecular complexity index is 531. The first-order valence-electron chi connectivity index (χ1n) is 6.05. The molecule has 94 valence electrons. The fraction of sp³-hybridized carbons (Fsp3) is 0.727. The molecule has 17 heavy (non-hydrogen) atoms. The van der Waals surface area contributed by atoms with Crippen molar-refractivity contribution in [1.29, 1.82) is 0 Å². The smallest absolute Gasteiger partial charge is 0.153 e. The van der Waals surface area contributed by atoms with E-state index in [1.54, 1.807) is 0 Å². The predicted molar refractivity (Wildman–Crippen MR) is 64.7 cm³/mol. The van der Waals surface area contributed by atoms with Gasteiger partial charge in [0.05, 0.1) is 23.2 Å². The molecule has 2 aliphatic rings. The van der Waals surface area contributed by atoms with Crippen molar-refractivity contribution in [3.63, 3.8) is 0 Å². The lowest BCUT2D eigenvalue weighted by Gasteiger charge is -2.22. The van der Waals surface area contributed by atoms with Crippen molar-refractivity contribution < 1.29 is 8.42 Å². The topological polar surface area (TPSA) is 74.8 Å². The maximum Gasteiger partial charge on any atom is 0.153 e. The van der Waals surface area contributed by atoms with Crippen LogP contribution in [0.4, 0.5) is 0 Å². The second-order valence-electron chi connectivity index (χ2n) is 5.03. The van der Waals surface area contributed by atoms with Crippen LogP contribution < -0.4 is 5.32 Å². The highest BCUT2D eigenvalue weighted by Crippen LogP contribution is 2.39. The molecule has 2 heterocycles. The van der Waals surface area contributed by atoms with Crippen LogP contribution in [0.3, 0.4) is 0 Å². The predicted octanol–water partition coefficient (Wildman–Crippen LogP) is 0.655. The van der Waals surface area contributed by atoms with E-state index in [2.05, 4.69) is 15.3 Å². The molecule has 5 nitrogen and oxygen atoms in total. The van der Waals surface area contributed by atoms with Gasteiger partial charge >= 0.3 is 0 Å². The van der Waals surface area contributed by atoms with Crippen LogP contribution in [0.25, 0.3) is 0 Å². The van der Waals surface area contributed by atoms with E-state index < -0.39 is 9.84 Å². The highest BCUT2D eigenvalue weighted by molar-refractivity contribution is 7.91. The van der Waals surface area contributed by atoms with E-state index in [1.807, 2.05) is 6.92 Å². The molecule has 0 radical (unpaired) electrons. The fourth-order valence-electron chi connectivity index (χ4n) is 2.35. The van der Waals surface area contributed by atoms with Gasteiger partial charge in [-0.25, -0.2) is 13.4 Å². The molecule has 1 aliphatic heterocycles. The number of hydrogen-bond acceptors (Lipinski definition) is 4. The largest absolute Gasteiger partial charge is 0.346 e. The first-order valence-corrected chi connectivity index (χ1v) is 7.87. The summed E-state index contributed by atoms with van der Waals surface area (Å²) in [5.41, 5.74) is 1.89. The molecule has 1 saturated carbocycles. The van der Waals surface area contributed by atoms with Gasteiger partial charge in [0.2, 0.25) is 0 Å². The summed E-state index contributed by atoms with van der Waals surface area (Å²) in [6, 6.07) is -0.141. The molecule has 1 aliphatic carbocycles. The highest BCUT2D eigenvalue weighted by atomic mass is 32.2. The Morgan fingerprint density at radius 1 is 1.35 bits per heavy atom. The summed E-state index contributed by atoms with van der Waals surface area (Å²) in [6.07, 6.45) is 2.39. The third kappa shape index (κ3) is 2.24. The van der Waals surface area contributed by atoms with E-state index in [4.69, 9.17) is 0 Å². The Labute approximate surface area is 101 Å². The standard InChI is InChI=1S/C11H17N3O2S/c1-7-10(14-11(13-7)8-2-3-8)9-6-17(15,16)5-4-12-9/h8-9,12H,2-6H2,1H3,(H,13,14). The molecule has 1 saturated heterocycles. The lowest BCUT2D eigenvalue weighted by Crippen LogP contribution is -2.39. The molecular formula is C11H17N3O2S. The van der Waals surface area contributed by atoms with Crippen LogP contribution >= 0.6 is 0 Å². The highest BCUT2D eigenvalue weighted by Gasteiger charge is 2.32. The number of nitrogens with one attached hydrogen (secondary N) is 2. The number of imidazole rings is 1. The number of hydrogen-bond donors (Lipinski definition) is 2. The summed E-state index contributed by atoms with van der Waals surface area (Å²) < 4.78 is 23.2. The Kier molecular flexibility index (Phi) is 2.52. The van der Waals surface area contributed by atoms with Crippen LogP contribution in [0, 0.1) is 6.92 Å². The molecule has 0 aromatic carbocycles. The van der Waals surface area contributed by atoms with Gasteiger partial charge in [0.15, 0.2) is 9.84 Å². The molecule has 0 bridgehead atoms. The SMILES string of the molecule is Cc1[nH]c(C2CC2)nc1C1CS(=O)(=O)CCN1. The van der Waals surface area contributed by atoms with Gasteiger partial charge in [0, 0.05) is 18.2 Å². The number of H-pyrrole nitrogens is 1. The van der Waals surface area contributed by atoms with Gasteiger partial charge in [0.25, 0.3) is 0 Å². The third-order valence-electron chi connectivity index (χ3n) is 3.46. The van der Waals surface area contributed by atoms with E-state index in [-0.39, 0.29) is 17.5 Å².